The second-order valence-electron chi connectivity index (χ2n) is 7.73. The van der Waals surface area contributed by atoms with Gasteiger partial charge in [-0.15, -0.1) is 0 Å². The summed E-state index contributed by atoms with van der Waals surface area (Å²) in [4.78, 5) is 51.5. The Bertz CT molecular complexity index is 616. The van der Waals surface area contributed by atoms with Crippen LogP contribution in [0.3, 0.4) is 0 Å². The van der Waals surface area contributed by atoms with Crippen molar-refractivity contribution in [2.24, 2.45) is 0 Å². The molecule has 0 aromatic rings. The van der Waals surface area contributed by atoms with Crippen LogP contribution in [0.2, 0.25) is 0 Å². The van der Waals surface area contributed by atoms with Gasteiger partial charge in [0.1, 0.15) is 17.7 Å². The number of ether oxygens (including phenoxy) is 2. The van der Waals surface area contributed by atoms with Crippen molar-refractivity contribution in [1.29, 1.82) is 0 Å². The summed E-state index contributed by atoms with van der Waals surface area (Å²) < 4.78 is 9.95. The zero-order valence-electron chi connectivity index (χ0n) is 16.1. The number of rotatable bonds is 2. The number of carbonyl (C=O) groups excluding carboxylic acids is 3. The summed E-state index contributed by atoms with van der Waals surface area (Å²) >= 11 is 0. The van der Waals surface area contributed by atoms with E-state index in [1.54, 1.807) is 20.8 Å². The van der Waals surface area contributed by atoms with E-state index in [4.69, 9.17) is 9.47 Å². The van der Waals surface area contributed by atoms with Gasteiger partial charge in [0.2, 0.25) is 5.91 Å². The smallest absolute Gasteiger partial charge is 0.409 e. The number of amides is 3. The van der Waals surface area contributed by atoms with Gasteiger partial charge in [0.25, 0.3) is 0 Å². The molecule has 27 heavy (non-hydrogen) atoms. The Morgan fingerprint density at radius 2 is 1.85 bits per heavy atom. The van der Waals surface area contributed by atoms with Crippen LogP contribution < -0.4 is 5.32 Å². The molecule has 2 aliphatic rings. The Kier molecular flexibility index (Phi) is 6.17. The summed E-state index contributed by atoms with van der Waals surface area (Å²) in [5.74, 6) is -1.61. The van der Waals surface area contributed by atoms with E-state index < -0.39 is 41.7 Å². The molecule has 2 saturated heterocycles. The van der Waals surface area contributed by atoms with Gasteiger partial charge in [-0.3, -0.25) is 4.79 Å². The summed E-state index contributed by atoms with van der Waals surface area (Å²) in [6.07, 6.45) is -0.113. The predicted molar refractivity (Wildman–Crippen MR) is 93.0 cm³/mol. The average molecular weight is 385 g/mol. The van der Waals surface area contributed by atoms with Gasteiger partial charge in [-0.05, 0) is 40.0 Å². The lowest BCUT2D eigenvalue weighted by molar-refractivity contribution is -0.151. The molecule has 10 heteroatoms. The lowest BCUT2D eigenvalue weighted by Gasteiger charge is -2.37. The fourth-order valence-corrected chi connectivity index (χ4v) is 3.47. The summed E-state index contributed by atoms with van der Waals surface area (Å²) in [7, 11) is 1.24. The van der Waals surface area contributed by atoms with Crippen LogP contribution >= 0.6 is 0 Å². The Morgan fingerprint density at radius 1 is 1.19 bits per heavy atom. The highest BCUT2D eigenvalue weighted by atomic mass is 16.6. The first-order valence-electron chi connectivity index (χ1n) is 8.91. The van der Waals surface area contributed by atoms with Crippen molar-refractivity contribution >= 4 is 24.1 Å². The molecular weight excluding hydrogens is 358 g/mol. The second-order valence-corrected chi connectivity index (χ2v) is 7.73. The molecule has 3 atom stereocenters. The molecule has 0 aromatic carbocycles. The van der Waals surface area contributed by atoms with Crippen molar-refractivity contribution in [1.82, 2.24) is 15.1 Å². The highest BCUT2D eigenvalue weighted by Crippen LogP contribution is 2.29. The van der Waals surface area contributed by atoms with Gasteiger partial charge >= 0.3 is 18.2 Å². The van der Waals surface area contributed by atoms with Gasteiger partial charge in [-0.2, -0.15) is 0 Å². The number of carboxylic acid groups (broad SMARTS) is 1. The molecule has 2 N–H and O–H groups in total. The molecule has 0 aromatic heterocycles. The fourth-order valence-electron chi connectivity index (χ4n) is 3.47. The average Bonchev–Trinajstić information content (AvgIpc) is 2.96. The van der Waals surface area contributed by atoms with Crippen LogP contribution in [-0.2, 0) is 19.1 Å². The predicted octanol–water partition coefficient (Wildman–Crippen LogP) is 0.796. The quantitative estimate of drug-likeness (QED) is 0.720. The van der Waals surface area contributed by atoms with Gasteiger partial charge in [0.05, 0.1) is 13.7 Å². The third-order valence-corrected chi connectivity index (χ3v) is 4.60. The SMILES string of the molecule is COC(=O)N1CC[C@H]2CC[C@@H](C(=O)O)N2C(=O)[C@@H](NC(=O)OC(C)(C)C)C1. The fraction of sp³-hybridized carbons (Fsp3) is 0.765. The van der Waals surface area contributed by atoms with E-state index in [0.717, 1.165) is 0 Å². The Morgan fingerprint density at radius 3 is 2.41 bits per heavy atom. The first-order chi connectivity index (χ1) is 12.5. The van der Waals surface area contributed by atoms with Crippen LogP contribution in [0.25, 0.3) is 0 Å². The van der Waals surface area contributed by atoms with Gasteiger partial charge in [-0.25, -0.2) is 14.4 Å². The van der Waals surface area contributed by atoms with Crippen LogP contribution in [0, 0.1) is 0 Å². The number of aliphatic carboxylic acids is 1. The molecule has 2 fully saturated rings. The normalized spacial score (nSPS) is 25.9. The van der Waals surface area contributed by atoms with Crippen molar-refractivity contribution in [3.05, 3.63) is 0 Å². The molecule has 2 rings (SSSR count). The Hall–Kier alpha value is -2.52. The lowest BCUT2D eigenvalue weighted by atomic mass is 10.1. The standard InChI is InChI=1S/C17H27N3O7/c1-17(2,3)27-15(24)18-11-9-19(16(25)26-4)8-7-10-5-6-12(14(22)23)20(10)13(11)21/h10-12H,5-9H2,1-4H3,(H,18,24)(H,22,23)/t10-,11+,12+/m1/s1. The minimum Gasteiger partial charge on any atom is -0.480 e. The van der Waals surface area contributed by atoms with Crippen molar-refractivity contribution in [3.8, 4) is 0 Å². The maximum atomic E-state index is 13.1. The molecule has 3 amide bonds. The number of hydrogen-bond donors (Lipinski definition) is 2. The number of alkyl carbamates (subject to hydrolysis) is 1. The summed E-state index contributed by atoms with van der Waals surface area (Å²) in [6.45, 7) is 5.22. The molecule has 0 aliphatic carbocycles. The second kappa shape index (κ2) is 8.01. The number of fused-ring (bicyclic) bond motifs is 1. The van der Waals surface area contributed by atoms with Crippen LogP contribution in [0.15, 0.2) is 0 Å². The molecule has 10 nitrogen and oxygen atoms in total. The number of carboxylic acids is 1. The van der Waals surface area contributed by atoms with Crippen molar-refractivity contribution in [3.63, 3.8) is 0 Å². The number of nitrogens with one attached hydrogen (secondary N) is 1. The highest BCUT2D eigenvalue weighted by Gasteiger charge is 2.45. The van der Waals surface area contributed by atoms with Crippen LogP contribution in [-0.4, -0.2) is 82.9 Å². The van der Waals surface area contributed by atoms with Gasteiger partial charge in [0.15, 0.2) is 0 Å². The molecule has 0 spiro atoms. The third kappa shape index (κ3) is 5.01. The first-order valence-corrected chi connectivity index (χ1v) is 8.91. The van der Waals surface area contributed by atoms with Crippen LogP contribution in [0.4, 0.5) is 9.59 Å². The van der Waals surface area contributed by atoms with Crippen LogP contribution in [0.5, 0.6) is 0 Å². The van der Waals surface area contributed by atoms with E-state index in [2.05, 4.69) is 5.32 Å². The van der Waals surface area contributed by atoms with Crippen molar-refractivity contribution < 1.29 is 33.8 Å². The highest BCUT2D eigenvalue weighted by molar-refractivity contribution is 5.90. The zero-order valence-corrected chi connectivity index (χ0v) is 16.1. The lowest BCUT2D eigenvalue weighted by Crippen LogP contribution is -2.60. The third-order valence-electron chi connectivity index (χ3n) is 4.60. The number of carbonyl (C=O) groups is 4. The summed E-state index contributed by atoms with van der Waals surface area (Å²) in [5, 5.41) is 11.9. The van der Waals surface area contributed by atoms with E-state index in [9.17, 15) is 24.3 Å². The van der Waals surface area contributed by atoms with E-state index >= 15 is 0 Å². The van der Waals surface area contributed by atoms with Crippen LogP contribution in [0.1, 0.15) is 40.0 Å². The maximum absolute atomic E-state index is 13.1. The van der Waals surface area contributed by atoms with E-state index in [0.29, 0.717) is 25.8 Å². The molecule has 2 heterocycles. The monoisotopic (exact) mass is 385 g/mol. The minimum atomic E-state index is -1.12. The number of methoxy groups -OCH3 is 1. The largest absolute Gasteiger partial charge is 0.480 e. The molecule has 2 aliphatic heterocycles. The molecule has 0 unspecified atom stereocenters. The zero-order chi connectivity index (χ0) is 20.4. The summed E-state index contributed by atoms with van der Waals surface area (Å²) in [6, 6.07) is -2.37. The molecular formula is C17H27N3O7. The van der Waals surface area contributed by atoms with Gasteiger partial charge in [0, 0.05) is 12.6 Å². The molecule has 0 radical (unpaired) electrons. The van der Waals surface area contributed by atoms with Crippen molar-refractivity contribution in [2.75, 3.05) is 20.2 Å². The van der Waals surface area contributed by atoms with Crippen molar-refractivity contribution in [2.45, 2.75) is 63.8 Å². The van der Waals surface area contributed by atoms with E-state index in [-0.39, 0.29) is 12.6 Å². The van der Waals surface area contributed by atoms with E-state index in [1.807, 2.05) is 0 Å². The molecule has 0 bridgehead atoms. The first kappa shape index (κ1) is 20.8. The van der Waals surface area contributed by atoms with Gasteiger partial charge < -0.3 is 29.7 Å². The maximum Gasteiger partial charge on any atom is 0.409 e. The summed E-state index contributed by atoms with van der Waals surface area (Å²) in [5.41, 5.74) is -0.767. The topological polar surface area (TPSA) is 125 Å². The minimum absolute atomic E-state index is 0.125. The molecule has 0 saturated carbocycles. The number of nitrogens with zero attached hydrogens (tertiary/aromatic N) is 2. The van der Waals surface area contributed by atoms with E-state index in [1.165, 1.54) is 16.9 Å². The molecule has 152 valence electrons. The number of hydrogen-bond acceptors (Lipinski definition) is 6. The van der Waals surface area contributed by atoms with Gasteiger partial charge in [-0.1, -0.05) is 0 Å². The Labute approximate surface area is 157 Å². The Balaban J connectivity index is 2.26.